The Labute approximate surface area is 89.8 Å². The first kappa shape index (κ1) is 13.9. The lowest BCUT2D eigenvalue weighted by Crippen LogP contribution is -2.27. The van der Waals surface area contributed by atoms with E-state index in [0.717, 1.165) is 19.3 Å². The lowest BCUT2D eigenvalue weighted by molar-refractivity contribution is -0.145. The molecule has 0 saturated carbocycles. The number of rotatable bonds is 8. The van der Waals surface area contributed by atoms with Crippen LogP contribution in [-0.4, -0.2) is 36.7 Å². The molecule has 0 heterocycles. The maximum Gasteiger partial charge on any atom is 0.315 e. The third-order valence-corrected chi connectivity index (χ3v) is 1.77. The highest BCUT2D eigenvalue weighted by molar-refractivity contribution is 5.94. The molecule has 15 heavy (non-hydrogen) atoms. The number of aliphatic hydroxyl groups is 1. The largest absolute Gasteiger partial charge is 0.466 e. The molecule has 0 fully saturated rings. The maximum absolute atomic E-state index is 11.1. The molecule has 0 atom stereocenters. The molecule has 0 radical (unpaired) electrons. The van der Waals surface area contributed by atoms with Crippen molar-refractivity contribution in [1.29, 1.82) is 0 Å². The van der Waals surface area contributed by atoms with Gasteiger partial charge in [-0.25, -0.2) is 0 Å². The number of unbranched alkanes of at least 4 members (excludes halogenated alkanes) is 2. The predicted octanol–water partition coefficient (Wildman–Crippen LogP) is 0.218. The Morgan fingerprint density at radius 2 is 2.00 bits per heavy atom. The van der Waals surface area contributed by atoms with E-state index < -0.39 is 5.97 Å². The molecule has 5 heteroatoms. The second-order valence-corrected chi connectivity index (χ2v) is 3.12. The topological polar surface area (TPSA) is 75.6 Å². The van der Waals surface area contributed by atoms with Crippen molar-refractivity contribution in [3.8, 4) is 0 Å². The van der Waals surface area contributed by atoms with Crippen molar-refractivity contribution in [2.75, 3.05) is 19.8 Å². The number of ether oxygens (including phenoxy) is 1. The lowest BCUT2D eigenvalue weighted by Gasteiger charge is -2.04. The van der Waals surface area contributed by atoms with Gasteiger partial charge < -0.3 is 15.2 Å². The highest BCUT2D eigenvalue weighted by Crippen LogP contribution is 1.93. The molecule has 1 amide bonds. The summed E-state index contributed by atoms with van der Waals surface area (Å²) < 4.78 is 4.62. The SMILES string of the molecule is CCOC(=O)CC(=O)NCCCCCO. The molecule has 2 N–H and O–H groups in total. The fourth-order valence-electron chi connectivity index (χ4n) is 1.05. The number of carbonyl (C=O) groups is 2. The zero-order valence-electron chi connectivity index (χ0n) is 9.12. The second kappa shape index (κ2) is 9.45. The summed E-state index contributed by atoms with van der Waals surface area (Å²) in [6, 6.07) is 0. The van der Waals surface area contributed by atoms with Gasteiger partial charge in [0.15, 0.2) is 0 Å². The smallest absolute Gasteiger partial charge is 0.315 e. The van der Waals surface area contributed by atoms with Gasteiger partial charge in [0.25, 0.3) is 0 Å². The Morgan fingerprint density at radius 1 is 1.27 bits per heavy atom. The summed E-state index contributed by atoms with van der Waals surface area (Å²) in [4.78, 5) is 22.0. The van der Waals surface area contributed by atoms with Gasteiger partial charge in [-0.1, -0.05) is 0 Å². The number of aliphatic hydroxyl groups excluding tert-OH is 1. The van der Waals surface area contributed by atoms with Crippen LogP contribution in [0.4, 0.5) is 0 Å². The van der Waals surface area contributed by atoms with E-state index in [-0.39, 0.29) is 18.9 Å². The van der Waals surface area contributed by atoms with E-state index in [0.29, 0.717) is 13.2 Å². The first-order chi connectivity index (χ1) is 7.20. The van der Waals surface area contributed by atoms with Crippen LogP contribution in [0.15, 0.2) is 0 Å². The zero-order chi connectivity index (χ0) is 11.5. The highest BCUT2D eigenvalue weighted by atomic mass is 16.5. The van der Waals surface area contributed by atoms with E-state index in [1.54, 1.807) is 6.92 Å². The molecule has 0 aromatic carbocycles. The van der Waals surface area contributed by atoms with Crippen LogP contribution in [0.3, 0.4) is 0 Å². The van der Waals surface area contributed by atoms with Crippen LogP contribution in [0.25, 0.3) is 0 Å². The number of carbonyl (C=O) groups excluding carboxylic acids is 2. The number of hydrogen-bond acceptors (Lipinski definition) is 4. The van der Waals surface area contributed by atoms with Crippen molar-refractivity contribution in [3.63, 3.8) is 0 Å². The van der Waals surface area contributed by atoms with Gasteiger partial charge in [-0.05, 0) is 26.2 Å². The van der Waals surface area contributed by atoms with E-state index >= 15 is 0 Å². The highest BCUT2D eigenvalue weighted by Gasteiger charge is 2.08. The van der Waals surface area contributed by atoms with E-state index in [9.17, 15) is 9.59 Å². The Hall–Kier alpha value is -1.10. The van der Waals surface area contributed by atoms with Gasteiger partial charge in [0.2, 0.25) is 5.91 Å². The van der Waals surface area contributed by atoms with Gasteiger partial charge in [0, 0.05) is 13.2 Å². The Kier molecular flexibility index (Phi) is 8.76. The summed E-state index contributed by atoms with van der Waals surface area (Å²) in [5, 5.41) is 11.1. The minimum atomic E-state index is -0.495. The molecule has 0 unspecified atom stereocenters. The molecule has 0 aliphatic heterocycles. The standard InChI is InChI=1S/C10H19NO4/c1-2-15-10(14)8-9(13)11-6-4-3-5-7-12/h12H,2-8H2,1H3,(H,11,13). The predicted molar refractivity (Wildman–Crippen MR) is 55.2 cm³/mol. The molecular formula is C10H19NO4. The number of nitrogens with one attached hydrogen (secondary N) is 1. The third-order valence-electron chi connectivity index (χ3n) is 1.77. The molecule has 0 bridgehead atoms. The first-order valence-electron chi connectivity index (χ1n) is 5.24. The van der Waals surface area contributed by atoms with E-state index in [1.165, 1.54) is 0 Å². The van der Waals surface area contributed by atoms with Gasteiger partial charge in [0.1, 0.15) is 6.42 Å². The van der Waals surface area contributed by atoms with Crippen LogP contribution in [0.2, 0.25) is 0 Å². The monoisotopic (exact) mass is 217 g/mol. The summed E-state index contributed by atoms with van der Waals surface area (Å²) in [5.41, 5.74) is 0. The van der Waals surface area contributed by atoms with Crippen LogP contribution < -0.4 is 5.32 Å². The first-order valence-corrected chi connectivity index (χ1v) is 5.24. The molecule has 88 valence electrons. The van der Waals surface area contributed by atoms with Crippen molar-refractivity contribution in [3.05, 3.63) is 0 Å². The van der Waals surface area contributed by atoms with Crippen molar-refractivity contribution in [1.82, 2.24) is 5.32 Å². The molecule has 0 rings (SSSR count). The summed E-state index contributed by atoms with van der Waals surface area (Å²) >= 11 is 0. The van der Waals surface area contributed by atoms with Gasteiger partial charge in [-0.2, -0.15) is 0 Å². The van der Waals surface area contributed by atoms with Crippen LogP contribution in [-0.2, 0) is 14.3 Å². The number of hydrogen-bond donors (Lipinski definition) is 2. The van der Waals surface area contributed by atoms with Gasteiger partial charge >= 0.3 is 5.97 Å². The van der Waals surface area contributed by atoms with E-state index in [1.807, 2.05) is 0 Å². The minimum absolute atomic E-state index is 0.177. The summed E-state index contributed by atoms with van der Waals surface area (Å²) in [5.74, 6) is -0.803. The average Bonchev–Trinajstić information content (AvgIpc) is 2.17. The van der Waals surface area contributed by atoms with Gasteiger partial charge in [-0.3, -0.25) is 9.59 Å². The second-order valence-electron chi connectivity index (χ2n) is 3.12. The van der Waals surface area contributed by atoms with Gasteiger partial charge in [-0.15, -0.1) is 0 Å². The van der Waals surface area contributed by atoms with Crippen molar-refractivity contribution >= 4 is 11.9 Å². The molecule has 0 saturated heterocycles. The Bertz CT molecular complexity index is 194. The van der Waals surface area contributed by atoms with Crippen molar-refractivity contribution < 1.29 is 19.4 Å². The molecule has 0 spiro atoms. The van der Waals surface area contributed by atoms with Crippen LogP contribution in [0.1, 0.15) is 32.6 Å². The average molecular weight is 217 g/mol. The van der Waals surface area contributed by atoms with Crippen LogP contribution in [0.5, 0.6) is 0 Å². The van der Waals surface area contributed by atoms with Gasteiger partial charge in [0.05, 0.1) is 6.61 Å². The third kappa shape index (κ3) is 9.21. The summed E-state index contributed by atoms with van der Waals surface area (Å²) in [6.45, 7) is 2.71. The van der Waals surface area contributed by atoms with Crippen LogP contribution >= 0.6 is 0 Å². The Morgan fingerprint density at radius 3 is 2.60 bits per heavy atom. The lowest BCUT2D eigenvalue weighted by atomic mass is 10.2. The molecule has 0 aliphatic rings. The molecular weight excluding hydrogens is 198 g/mol. The molecule has 5 nitrogen and oxygen atoms in total. The number of amides is 1. The Balaban J connectivity index is 3.37. The summed E-state index contributed by atoms with van der Waals surface area (Å²) in [6.07, 6.45) is 2.22. The quantitative estimate of drug-likeness (QED) is 0.346. The fourth-order valence-corrected chi connectivity index (χ4v) is 1.05. The van der Waals surface area contributed by atoms with Crippen LogP contribution in [0, 0.1) is 0 Å². The molecule has 0 aromatic rings. The van der Waals surface area contributed by atoms with E-state index in [2.05, 4.69) is 10.1 Å². The number of esters is 1. The molecule has 0 aliphatic carbocycles. The normalized spacial score (nSPS) is 9.73. The van der Waals surface area contributed by atoms with E-state index in [4.69, 9.17) is 5.11 Å². The minimum Gasteiger partial charge on any atom is -0.466 e. The van der Waals surface area contributed by atoms with Crippen molar-refractivity contribution in [2.45, 2.75) is 32.6 Å². The summed E-state index contributed by atoms with van der Waals surface area (Å²) in [7, 11) is 0. The van der Waals surface area contributed by atoms with Crippen molar-refractivity contribution in [2.24, 2.45) is 0 Å². The maximum atomic E-state index is 11.1. The fraction of sp³-hybridized carbons (Fsp3) is 0.800. The zero-order valence-corrected chi connectivity index (χ0v) is 9.12. The molecule has 0 aromatic heterocycles.